The highest BCUT2D eigenvalue weighted by Crippen LogP contribution is 2.22. The van der Waals surface area contributed by atoms with Crippen molar-refractivity contribution >= 4 is 0 Å². The van der Waals surface area contributed by atoms with Crippen LogP contribution in [0.2, 0.25) is 0 Å². The Hall–Kier alpha value is -1.74. The van der Waals surface area contributed by atoms with Gasteiger partial charge in [-0.3, -0.25) is 9.97 Å². The molecule has 0 aliphatic rings. The molecule has 1 aromatic heterocycles. The highest BCUT2D eigenvalue weighted by Gasteiger charge is 2.04. The van der Waals surface area contributed by atoms with Crippen LogP contribution in [0.5, 0.6) is 0 Å². The molecule has 0 bridgehead atoms. The van der Waals surface area contributed by atoms with Gasteiger partial charge in [0.2, 0.25) is 0 Å². The van der Waals surface area contributed by atoms with Crippen LogP contribution in [-0.4, -0.2) is 29.0 Å². The summed E-state index contributed by atoms with van der Waals surface area (Å²) < 4.78 is 0. The molecule has 0 saturated carbocycles. The van der Waals surface area contributed by atoms with Crippen molar-refractivity contribution in [2.24, 2.45) is 0 Å². The Morgan fingerprint density at radius 2 is 1.89 bits per heavy atom. The van der Waals surface area contributed by atoms with Crippen LogP contribution in [0, 0.1) is 0 Å². The molecule has 2 aromatic rings. The van der Waals surface area contributed by atoms with Gasteiger partial charge in [0, 0.05) is 12.1 Å². The molecule has 0 aliphatic heterocycles. The van der Waals surface area contributed by atoms with E-state index in [1.54, 1.807) is 0 Å². The molecule has 100 valence electrons. The van der Waals surface area contributed by atoms with Crippen LogP contribution in [-0.2, 0) is 6.54 Å². The van der Waals surface area contributed by atoms with Crippen molar-refractivity contribution in [3.8, 4) is 11.3 Å². The lowest BCUT2D eigenvalue weighted by Gasteiger charge is -2.10. The van der Waals surface area contributed by atoms with Crippen LogP contribution in [0.25, 0.3) is 11.3 Å². The molecular formula is C16H21N3. The molecule has 19 heavy (non-hydrogen) atoms. The summed E-state index contributed by atoms with van der Waals surface area (Å²) in [5, 5.41) is 0. The van der Waals surface area contributed by atoms with Crippen molar-refractivity contribution in [2.75, 3.05) is 14.1 Å². The second kappa shape index (κ2) is 5.93. The molecule has 0 saturated heterocycles. The van der Waals surface area contributed by atoms with Crippen molar-refractivity contribution in [2.45, 2.75) is 26.3 Å². The number of hydrogen-bond acceptors (Lipinski definition) is 3. The average molecular weight is 255 g/mol. The largest absolute Gasteiger partial charge is 0.304 e. The van der Waals surface area contributed by atoms with Gasteiger partial charge in [-0.2, -0.15) is 0 Å². The molecule has 0 amide bonds. The molecule has 0 N–H and O–H groups in total. The zero-order valence-electron chi connectivity index (χ0n) is 12.1. The minimum absolute atomic E-state index is 0.529. The summed E-state index contributed by atoms with van der Waals surface area (Å²) >= 11 is 0. The maximum atomic E-state index is 4.51. The minimum Gasteiger partial charge on any atom is -0.304 e. The molecular weight excluding hydrogens is 234 g/mol. The first kappa shape index (κ1) is 13.7. The second-order valence-corrected chi connectivity index (χ2v) is 5.41. The van der Waals surface area contributed by atoms with Crippen molar-refractivity contribution in [3.05, 3.63) is 47.9 Å². The summed E-state index contributed by atoms with van der Waals surface area (Å²) in [6, 6.07) is 8.52. The van der Waals surface area contributed by atoms with Gasteiger partial charge in [0.25, 0.3) is 0 Å². The number of hydrogen-bond donors (Lipinski definition) is 0. The highest BCUT2D eigenvalue weighted by molar-refractivity contribution is 5.59. The van der Waals surface area contributed by atoms with Crippen LogP contribution in [0.3, 0.4) is 0 Å². The average Bonchev–Trinajstić information content (AvgIpc) is 2.39. The van der Waals surface area contributed by atoms with Gasteiger partial charge >= 0.3 is 0 Å². The monoisotopic (exact) mass is 255 g/mol. The first-order chi connectivity index (χ1) is 9.06. The summed E-state index contributed by atoms with van der Waals surface area (Å²) in [5.74, 6) is 0.529. The van der Waals surface area contributed by atoms with Crippen LogP contribution < -0.4 is 0 Å². The molecule has 1 heterocycles. The standard InChI is InChI=1S/C16H21N3/c1-12(2)13-6-5-7-14(8-13)16-10-17-15(9-18-16)11-19(3)4/h5-10,12H,11H2,1-4H3. The van der Waals surface area contributed by atoms with Gasteiger partial charge in [-0.1, -0.05) is 32.0 Å². The van der Waals surface area contributed by atoms with E-state index in [1.807, 2.05) is 26.5 Å². The van der Waals surface area contributed by atoms with E-state index in [1.165, 1.54) is 5.56 Å². The SMILES string of the molecule is CC(C)c1cccc(-c2cnc(CN(C)C)cn2)c1. The predicted octanol–water partition coefficient (Wildman–Crippen LogP) is 3.33. The number of rotatable bonds is 4. The Bertz CT molecular complexity index is 530. The summed E-state index contributed by atoms with van der Waals surface area (Å²) in [4.78, 5) is 11.1. The van der Waals surface area contributed by atoms with Gasteiger partial charge in [-0.25, -0.2) is 0 Å². The van der Waals surface area contributed by atoms with Crippen LogP contribution in [0.1, 0.15) is 31.0 Å². The predicted molar refractivity (Wildman–Crippen MR) is 78.9 cm³/mol. The molecule has 0 spiro atoms. The molecule has 3 nitrogen and oxygen atoms in total. The zero-order valence-corrected chi connectivity index (χ0v) is 12.1. The van der Waals surface area contributed by atoms with E-state index < -0.39 is 0 Å². The maximum absolute atomic E-state index is 4.51. The smallest absolute Gasteiger partial charge is 0.0885 e. The van der Waals surface area contributed by atoms with E-state index in [-0.39, 0.29) is 0 Å². The van der Waals surface area contributed by atoms with Crippen molar-refractivity contribution in [3.63, 3.8) is 0 Å². The fraction of sp³-hybridized carbons (Fsp3) is 0.375. The minimum atomic E-state index is 0.529. The van der Waals surface area contributed by atoms with Gasteiger partial charge in [-0.05, 0) is 31.6 Å². The third-order valence-corrected chi connectivity index (χ3v) is 3.03. The van der Waals surface area contributed by atoms with Crippen LogP contribution >= 0.6 is 0 Å². The molecule has 0 aliphatic carbocycles. The Labute approximate surface area is 115 Å². The first-order valence-corrected chi connectivity index (χ1v) is 6.62. The van der Waals surface area contributed by atoms with E-state index in [0.717, 1.165) is 23.5 Å². The fourth-order valence-corrected chi connectivity index (χ4v) is 1.97. The quantitative estimate of drug-likeness (QED) is 0.839. The Balaban J connectivity index is 2.24. The lowest BCUT2D eigenvalue weighted by atomic mass is 10.00. The number of nitrogens with zero attached hydrogens (tertiary/aromatic N) is 3. The van der Waals surface area contributed by atoms with Crippen molar-refractivity contribution in [1.29, 1.82) is 0 Å². The fourth-order valence-electron chi connectivity index (χ4n) is 1.97. The summed E-state index contributed by atoms with van der Waals surface area (Å²) in [5.41, 5.74) is 4.39. The van der Waals surface area contributed by atoms with E-state index in [2.05, 4.69) is 53.0 Å². The van der Waals surface area contributed by atoms with Crippen molar-refractivity contribution in [1.82, 2.24) is 14.9 Å². The van der Waals surface area contributed by atoms with Crippen molar-refractivity contribution < 1.29 is 0 Å². The highest BCUT2D eigenvalue weighted by atomic mass is 15.1. The first-order valence-electron chi connectivity index (χ1n) is 6.62. The molecule has 1 aromatic carbocycles. The third-order valence-electron chi connectivity index (χ3n) is 3.03. The van der Waals surface area contributed by atoms with Crippen LogP contribution in [0.4, 0.5) is 0 Å². The van der Waals surface area contributed by atoms with Gasteiger partial charge in [0.15, 0.2) is 0 Å². The van der Waals surface area contributed by atoms with E-state index in [0.29, 0.717) is 5.92 Å². The topological polar surface area (TPSA) is 29.0 Å². The lowest BCUT2D eigenvalue weighted by Crippen LogP contribution is -2.12. The summed E-state index contributed by atoms with van der Waals surface area (Å²) in [6.07, 6.45) is 3.72. The van der Waals surface area contributed by atoms with E-state index in [9.17, 15) is 0 Å². The summed E-state index contributed by atoms with van der Waals surface area (Å²) in [7, 11) is 4.06. The normalized spacial score (nSPS) is 11.3. The third kappa shape index (κ3) is 3.61. The molecule has 2 rings (SSSR count). The number of aromatic nitrogens is 2. The molecule has 0 fully saturated rings. The Morgan fingerprint density at radius 3 is 2.47 bits per heavy atom. The molecule has 0 unspecified atom stereocenters. The Morgan fingerprint density at radius 1 is 1.11 bits per heavy atom. The zero-order chi connectivity index (χ0) is 13.8. The lowest BCUT2D eigenvalue weighted by molar-refractivity contribution is 0.396. The van der Waals surface area contributed by atoms with E-state index in [4.69, 9.17) is 0 Å². The molecule has 0 radical (unpaired) electrons. The van der Waals surface area contributed by atoms with E-state index >= 15 is 0 Å². The molecule has 0 atom stereocenters. The summed E-state index contributed by atoms with van der Waals surface area (Å²) in [6.45, 7) is 5.22. The Kier molecular flexibility index (Phi) is 4.27. The van der Waals surface area contributed by atoms with Gasteiger partial charge in [0.1, 0.15) is 0 Å². The van der Waals surface area contributed by atoms with Gasteiger partial charge < -0.3 is 4.90 Å². The molecule has 3 heteroatoms. The second-order valence-electron chi connectivity index (χ2n) is 5.41. The van der Waals surface area contributed by atoms with Gasteiger partial charge in [0.05, 0.1) is 23.8 Å². The number of benzene rings is 1. The van der Waals surface area contributed by atoms with Gasteiger partial charge in [-0.15, -0.1) is 0 Å². The maximum Gasteiger partial charge on any atom is 0.0885 e. The van der Waals surface area contributed by atoms with Crippen LogP contribution in [0.15, 0.2) is 36.7 Å².